The number of nitrogens with zero attached hydrogens (tertiary/aromatic N) is 1. The highest BCUT2D eigenvalue weighted by molar-refractivity contribution is 7.89. The molecule has 0 aliphatic carbocycles. The molecule has 1 atom stereocenters. The Kier molecular flexibility index (Phi) is 3.81. The van der Waals surface area contributed by atoms with Crippen LogP contribution in [0.4, 0.5) is 11.4 Å². The van der Waals surface area contributed by atoms with Crippen LogP contribution in [0.15, 0.2) is 23.1 Å². The molecule has 6 nitrogen and oxygen atoms in total. The smallest absolute Gasteiger partial charge is 0.240 e. The molecule has 1 aromatic rings. The minimum Gasteiger partial charge on any atom is -0.397 e. The van der Waals surface area contributed by atoms with Crippen molar-refractivity contribution < 1.29 is 8.42 Å². The van der Waals surface area contributed by atoms with E-state index in [1.165, 1.54) is 39.0 Å². The van der Waals surface area contributed by atoms with Gasteiger partial charge in [0.2, 0.25) is 10.0 Å². The Morgan fingerprint density at radius 2 is 2.00 bits per heavy atom. The number of nitrogen functional groups attached to an aromatic ring is 1. The number of fused-ring (bicyclic) bond motifs is 3. The highest BCUT2D eigenvalue weighted by atomic mass is 32.2. The molecule has 4 N–H and O–H groups in total. The second-order valence-electron chi connectivity index (χ2n) is 5.85. The number of nitrogens with two attached hydrogens (primary N) is 1. The second-order valence-corrected chi connectivity index (χ2v) is 7.73. The van der Waals surface area contributed by atoms with Crippen LogP contribution < -0.4 is 15.8 Å². The van der Waals surface area contributed by atoms with E-state index < -0.39 is 10.0 Å². The van der Waals surface area contributed by atoms with Gasteiger partial charge in [0, 0.05) is 12.6 Å². The second kappa shape index (κ2) is 5.47. The number of piperidine rings is 3. The SMILES string of the molecule is CNS(=O)(=O)c1ccc(N)c(NC2CN3CCC2CC3)c1. The third kappa shape index (κ3) is 2.86. The maximum Gasteiger partial charge on any atom is 0.240 e. The molecule has 21 heavy (non-hydrogen) atoms. The number of hydrogen-bond donors (Lipinski definition) is 3. The largest absolute Gasteiger partial charge is 0.397 e. The van der Waals surface area contributed by atoms with Crippen LogP contribution in [0.5, 0.6) is 0 Å². The average Bonchev–Trinajstić information content (AvgIpc) is 2.50. The molecule has 0 radical (unpaired) electrons. The number of nitrogens with one attached hydrogen (secondary N) is 2. The van der Waals surface area contributed by atoms with Crippen molar-refractivity contribution in [2.45, 2.75) is 23.8 Å². The molecule has 3 heterocycles. The summed E-state index contributed by atoms with van der Waals surface area (Å²) in [5.74, 6) is 0.652. The molecular weight excluding hydrogens is 288 g/mol. The van der Waals surface area contributed by atoms with Gasteiger partial charge in [0.05, 0.1) is 16.3 Å². The van der Waals surface area contributed by atoms with Crippen LogP contribution in [0.3, 0.4) is 0 Å². The Balaban J connectivity index is 1.83. The number of hydrogen-bond acceptors (Lipinski definition) is 5. The lowest BCUT2D eigenvalue weighted by Gasteiger charge is -2.45. The van der Waals surface area contributed by atoms with E-state index >= 15 is 0 Å². The lowest BCUT2D eigenvalue weighted by molar-refractivity contribution is 0.0975. The lowest BCUT2D eigenvalue weighted by atomic mass is 9.84. The fourth-order valence-corrected chi connectivity index (χ4v) is 4.03. The van der Waals surface area contributed by atoms with E-state index in [1.807, 2.05) is 0 Å². The molecule has 3 fully saturated rings. The maximum atomic E-state index is 11.9. The number of sulfonamides is 1. The van der Waals surface area contributed by atoms with Gasteiger partial charge in [0.25, 0.3) is 0 Å². The van der Waals surface area contributed by atoms with Crippen LogP contribution in [-0.4, -0.2) is 46.0 Å². The van der Waals surface area contributed by atoms with Gasteiger partial charge in [-0.05, 0) is 57.1 Å². The van der Waals surface area contributed by atoms with E-state index in [2.05, 4.69) is 14.9 Å². The van der Waals surface area contributed by atoms with Gasteiger partial charge in [-0.15, -0.1) is 0 Å². The zero-order chi connectivity index (χ0) is 15.0. The van der Waals surface area contributed by atoms with Gasteiger partial charge >= 0.3 is 0 Å². The first-order valence-electron chi connectivity index (χ1n) is 7.31. The van der Waals surface area contributed by atoms with Gasteiger partial charge in [-0.1, -0.05) is 0 Å². The van der Waals surface area contributed by atoms with Crippen molar-refractivity contribution >= 4 is 21.4 Å². The summed E-state index contributed by atoms with van der Waals surface area (Å²) in [5.41, 5.74) is 7.30. The van der Waals surface area contributed by atoms with Crippen LogP contribution in [0.2, 0.25) is 0 Å². The van der Waals surface area contributed by atoms with Gasteiger partial charge in [0.15, 0.2) is 0 Å². The van der Waals surface area contributed by atoms with Gasteiger partial charge in [0.1, 0.15) is 0 Å². The normalized spacial score (nSPS) is 28.5. The molecule has 1 unspecified atom stereocenters. The predicted octanol–water partition coefficient (Wildman–Crippen LogP) is 0.683. The topological polar surface area (TPSA) is 87.5 Å². The van der Waals surface area contributed by atoms with E-state index in [0.29, 0.717) is 23.3 Å². The molecule has 7 heteroatoms. The Bertz CT molecular complexity index is 624. The summed E-state index contributed by atoms with van der Waals surface area (Å²) >= 11 is 0. The van der Waals surface area contributed by atoms with E-state index in [4.69, 9.17) is 5.73 Å². The quantitative estimate of drug-likeness (QED) is 0.712. The van der Waals surface area contributed by atoms with E-state index in [1.54, 1.807) is 12.1 Å². The Hall–Kier alpha value is -1.31. The van der Waals surface area contributed by atoms with Crippen molar-refractivity contribution in [2.24, 2.45) is 5.92 Å². The van der Waals surface area contributed by atoms with Crippen molar-refractivity contribution in [3.8, 4) is 0 Å². The Morgan fingerprint density at radius 3 is 2.57 bits per heavy atom. The van der Waals surface area contributed by atoms with Crippen LogP contribution >= 0.6 is 0 Å². The molecule has 3 aliphatic heterocycles. The van der Waals surface area contributed by atoms with Crippen LogP contribution in [0.25, 0.3) is 0 Å². The minimum absolute atomic E-state index is 0.239. The molecule has 0 amide bonds. The number of anilines is 2. The first-order valence-corrected chi connectivity index (χ1v) is 8.80. The first kappa shape index (κ1) is 14.6. The summed E-state index contributed by atoms with van der Waals surface area (Å²) in [7, 11) is -2.04. The summed E-state index contributed by atoms with van der Waals surface area (Å²) < 4.78 is 26.1. The van der Waals surface area contributed by atoms with E-state index in [-0.39, 0.29) is 4.90 Å². The summed E-state index contributed by atoms with van der Waals surface area (Å²) in [4.78, 5) is 2.69. The van der Waals surface area contributed by atoms with Crippen molar-refractivity contribution in [1.82, 2.24) is 9.62 Å². The zero-order valence-electron chi connectivity index (χ0n) is 12.2. The van der Waals surface area contributed by atoms with Crippen LogP contribution in [0, 0.1) is 5.92 Å². The fourth-order valence-electron chi connectivity index (χ4n) is 3.27. The Labute approximate surface area is 125 Å². The number of rotatable bonds is 4. The number of benzene rings is 1. The zero-order valence-corrected chi connectivity index (χ0v) is 13.0. The monoisotopic (exact) mass is 310 g/mol. The van der Waals surface area contributed by atoms with Crippen molar-refractivity contribution in [2.75, 3.05) is 37.7 Å². The van der Waals surface area contributed by atoms with Gasteiger partial charge in [-0.2, -0.15) is 0 Å². The summed E-state index contributed by atoms with van der Waals surface area (Å²) in [6.07, 6.45) is 2.40. The molecule has 2 bridgehead atoms. The van der Waals surface area contributed by atoms with Crippen LogP contribution in [-0.2, 0) is 10.0 Å². The maximum absolute atomic E-state index is 11.9. The molecule has 0 saturated carbocycles. The van der Waals surface area contributed by atoms with Crippen molar-refractivity contribution in [3.05, 3.63) is 18.2 Å². The Morgan fingerprint density at radius 1 is 1.29 bits per heavy atom. The van der Waals surface area contributed by atoms with Gasteiger partial charge < -0.3 is 16.0 Å². The lowest BCUT2D eigenvalue weighted by Crippen LogP contribution is -2.53. The van der Waals surface area contributed by atoms with Gasteiger partial charge in [-0.3, -0.25) is 0 Å². The molecule has 4 rings (SSSR count). The van der Waals surface area contributed by atoms with Crippen molar-refractivity contribution in [1.29, 1.82) is 0 Å². The van der Waals surface area contributed by atoms with Crippen molar-refractivity contribution in [3.63, 3.8) is 0 Å². The molecule has 3 aliphatic rings. The first-order chi connectivity index (χ1) is 9.99. The minimum atomic E-state index is -3.44. The molecule has 3 saturated heterocycles. The highest BCUT2D eigenvalue weighted by Gasteiger charge is 2.34. The van der Waals surface area contributed by atoms with E-state index in [9.17, 15) is 8.42 Å². The third-order valence-corrected chi connectivity index (χ3v) is 6.01. The fraction of sp³-hybridized carbons (Fsp3) is 0.571. The highest BCUT2D eigenvalue weighted by Crippen LogP contribution is 2.32. The molecular formula is C14H22N4O2S. The standard InChI is InChI=1S/C14H22N4O2S/c1-16-21(19,20)11-2-3-12(15)13(8-11)17-14-9-18-6-4-10(14)5-7-18/h2-3,8,10,14,16-17H,4-7,9,15H2,1H3. The summed E-state index contributed by atoms with van der Waals surface area (Å²) in [6, 6.07) is 5.15. The summed E-state index contributed by atoms with van der Waals surface area (Å²) in [5, 5.41) is 3.46. The predicted molar refractivity (Wildman–Crippen MR) is 83.7 cm³/mol. The van der Waals surface area contributed by atoms with Gasteiger partial charge in [-0.25, -0.2) is 13.1 Å². The molecule has 0 aromatic heterocycles. The van der Waals surface area contributed by atoms with E-state index in [0.717, 1.165) is 6.54 Å². The molecule has 0 spiro atoms. The molecule has 116 valence electrons. The average molecular weight is 310 g/mol. The summed E-state index contributed by atoms with van der Waals surface area (Å²) in [6.45, 7) is 3.35. The third-order valence-electron chi connectivity index (χ3n) is 4.60. The molecule has 1 aromatic carbocycles. The van der Waals surface area contributed by atoms with Crippen LogP contribution in [0.1, 0.15) is 12.8 Å².